The Labute approximate surface area is 161 Å². The van der Waals surface area contributed by atoms with Gasteiger partial charge in [0.05, 0.1) is 10.6 Å². The summed E-state index contributed by atoms with van der Waals surface area (Å²) in [4.78, 5) is 14.6. The maximum absolute atomic E-state index is 13.3. The molecular formula is C20H27N3O3S. The van der Waals surface area contributed by atoms with E-state index in [0.29, 0.717) is 18.8 Å². The molecule has 0 unspecified atom stereocenters. The van der Waals surface area contributed by atoms with Gasteiger partial charge in [-0.15, -0.1) is 0 Å². The third-order valence-corrected chi connectivity index (χ3v) is 6.12. The highest BCUT2D eigenvalue weighted by Crippen LogP contribution is 2.28. The molecule has 0 aliphatic rings. The third-order valence-electron chi connectivity index (χ3n) is 4.34. The van der Waals surface area contributed by atoms with Crippen molar-refractivity contribution < 1.29 is 13.2 Å². The third kappa shape index (κ3) is 5.30. The Morgan fingerprint density at radius 2 is 1.67 bits per heavy atom. The maximum Gasteiger partial charge on any atom is 0.264 e. The van der Waals surface area contributed by atoms with Crippen molar-refractivity contribution in [3.63, 3.8) is 0 Å². The van der Waals surface area contributed by atoms with E-state index >= 15 is 0 Å². The number of nitrogens with zero attached hydrogens (tertiary/aromatic N) is 2. The lowest BCUT2D eigenvalue weighted by Gasteiger charge is -2.26. The van der Waals surface area contributed by atoms with Crippen molar-refractivity contribution in [2.24, 2.45) is 0 Å². The van der Waals surface area contributed by atoms with E-state index in [9.17, 15) is 13.2 Å². The van der Waals surface area contributed by atoms with Crippen LogP contribution < -0.4 is 9.62 Å². The van der Waals surface area contributed by atoms with Crippen molar-refractivity contribution in [2.45, 2.75) is 18.7 Å². The molecule has 1 amide bonds. The van der Waals surface area contributed by atoms with E-state index in [-0.39, 0.29) is 17.3 Å². The van der Waals surface area contributed by atoms with E-state index < -0.39 is 10.0 Å². The Balaban J connectivity index is 2.38. The summed E-state index contributed by atoms with van der Waals surface area (Å²) in [6, 6.07) is 13.6. The summed E-state index contributed by atoms with van der Waals surface area (Å²) in [7, 11) is -0.0455. The standard InChI is InChI=1S/C20H27N3O3S/c1-16-9-8-12-19(17(16)2)23(15-20(24)21-13-14-22(3)4)27(25,26)18-10-6-5-7-11-18/h5-12H,13-15H2,1-4H3,(H,21,24). The number of anilines is 1. The summed E-state index contributed by atoms with van der Waals surface area (Å²) in [5, 5.41) is 2.79. The van der Waals surface area contributed by atoms with Gasteiger partial charge < -0.3 is 10.2 Å². The summed E-state index contributed by atoms with van der Waals surface area (Å²) in [6.07, 6.45) is 0. The molecule has 0 fully saturated rings. The number of nitrogens with one attached hydrogen (secondary N) is 1. The van der Waals surface area contributed by atoms with Crippen LogP contribution >= 0.6 is 0 Å². The lowest BCUT2D eigenvalue weighted by atomic mass is 10.1. The molecule has 0 bridgehead atoms. The van der Waals surface area contributed by atoms with E-state index in [1.807, 2.05) is 38.9 Å². The fraction of sp³-hybridized carbons (Fsp3) is 0.350. The van der Waals surface area contributed by atoms with E-state index in [0.717, 1.165) is 11.1 Å². The molecule has 2 rings (SSSR count). The van der Waals surface area contributed by atoms with Crippen molar-refractivity contribution in [3.8, 4) is 0 Å². The number of benzene rings is 2. The predicted molar refractivity (Wildman–Crippen MR) is 108 cm³/mol. The van der Waals surface area contributed by atoms with Crippen LogP contribution in [0, 0.1) is 13.8 Å². The number of aryl methyl sites for hydroxylation is 1. The molecule has 0 spiro atoms. The van der Waals surface area contributed by atoms with Crippen LogP contribution in [-0.4, -0.2) is 53.0 Å². The molecule has 6 nitrogen and oxygen atoms in total. The van der Waals surface area contributed by atoms with Crippen LogP contribution in [-0.2, 0) is 14.8 Å². The van der Waals surface area contributed by atoms with Gasteiger partial charge in [0.2, 0.25) is 5.91 Å². The highest BCUT2D eigenvalue weighted by Gasteiger charge is 2.28. The average molecular weight is 390 g/mol. The van der Waals surface area contributed by atoms with E-state index in [2.05, 4.69) is 5.32 Å². The van der Waals surface area contributed by atoms with Gasteiger partial charge in [0, 0.05) is 13.1 Å². The summed E-state index contributed by atoms with van der Waals surface area (Å²) in [6.45, 7) is 4.65. The Bertz CT molecular complexity index is 881. The van der Waals surface area contributed by atoms with Crippen molar-refractivity contribution in [3.05, 3.63) is 59.7 Å². The zero-order valence-electron chi connectivity index (χ0n) is 16.3. The van der Waals surface area contributed by atoms with Gasteiger partial charge in [-0.1, -0.05) is 30.3 Å². The van der Waals surface area contributed by atoms with Crippen LogP contribution in [0.5, 0.6) is 0 Å². The van der Waals surface area contributed by atoms with Crippen LogP contribution in [0.3, 0.4) is 0 Å². The first-order chi connectivity index (χ1) is 12.7. The predicted octanol–water partition coefficient (Wildman–Crippen LogP) is 2.18. The first-order valence-corrected chi connectivity index (χ1v) is 10.2. The molecule has 1 N–H and O–H groups in total. The Kier molecular flexibility index (Phi) is 6.98. The van der Waals surface area contributed by atoms with Crippen LogP contribution in [0.4, 0.5) is 5.69 Å². The molecule has 0 aromatic heterocycles. The molecule has 7 heteroatoms. The first-order valence-electron chi connectivity index (χ1n) is 8.79. The number of hydrogen-bond donors (Lipinski definition) is 1. The largest absolute Gasteiger partial charge is 0.353 e. The monoisotopic (exact) mass is 389 g/mol. The highest BCUT2D eigenvalue weighted by atomic mass is 32.2. The van der Waals surface area contributed by atoms with Gasteiger partial charge in [0.25, 0.3) is 10.0 Å². The molecule has 0 radical (unpaired) electrons. The molecule has 0 aliphatic heterocycles. The van der Waals surface area contributed by atoms with E-state index in [1.54, 1.807) is 30.3 Å². The first kappa shape index (κ1) is 20.9. The highest BCUT2D eigenvalue weighted by molar-refractivity contribution is 7.92. The van der Waals surface area contributed by atoms with Gasteiger partial charge in [0.1, 0.15) is 6.54 Å². The minimum Gasteiger partial charge on any atom is -0.353 e. The summed E-state index contributed by atoms with van der Waals surface area (Å²) >= 11 is 0. The van der Waals surface area contributed by atoms with Crippen LogP contribution in [0.25, 0.3) is 0 Å². The molecular weight excluding hydrogens is 362 g/mol. The van der Waals surface area contributed by atoms with Gasteiger partial charge in [-0.05, 0) is 57.3 Å². The van der Waals surface area contributed by atoms with Crippen LogP contribution in [0.1, 0.15) is 11.1 Å². The zero-order valence-corrected chi connectivity index (χ0v) is 17.1. The second-order valence-electron chi connectivity index (χ2n) is 6.70. The fourth-order valence-electron chi connectivity index (χ4n) is 2.63. The Morgan fingerprint density at radius 1 is 1.00 bits per heavy atom. The lowest BCUT2D eigenvalue weighted by Crippen LogP contribution is -2.42. The van der Waals surface area contributed by atoms with Crippen LogP contribution in [0.2, 0.25) is 0 Å². The molecule has 2 aromatic carbocycles. The number of rotatable bonds is 8. The quantitative estimate of drug-likeness (QED) is 0.751. The SMILES string of the molecule is Cc1cccc(N(CC(=O)NCCN(C)C)S(=O)(=O)c2ccccc2)c1C. The lowest BCUT2D eigenvalue weighted by molar-refractivity contribution is -0.119. The van der Waals surface area contributed by atoms with E-state index in [1.165, 1.54) is 16.4 Å². The number of likely N-dealkylation sites (N-methyl/N-ethyl adjacent to an activating group) is 1. The number of hydrogen-bond acceptors (Lipinski definition) is 4. The Hall–Kier alpha value is -2.38. The minimum atomic E-state index is -3.87. The van der Waals surface area contributed by atoms with Gasteiger partial charge in [-0.3, -0.25) is 9.10 Å². The molecule has 0 aliphatic carbocycles. The summed E-state index contributed by atoms with van der Waals surface area (Å²) in [5.41, 5.74) is 2.31. The average Bonchev–Trinajstić information content (AvgIpc) is 2.62. The molecule has 146 valence electrons. The number of amides is 1. The summed E-state index contributed by atoms with van der Waals surface area (Å²) in [5.74, 6) is -0.336. The van der Waals surface area contributed by atoms with Crippen molar-refractivity contribution >= 4 is 21.6 Å². The second-order valence-corrected chi connectivity index (χ2v) is 8.56. The Morgan fingerprint density at radius 3 is 2.30 bits per heavy atom. The summed E-state index contributed by atoms with van der Waals surface area (Å²) < 4.78 is 27.7. The smallest absolute Gasteiger partial charge is 0.264 e. The molecule has 2 aromatic rings. The van der Waals surface area contributed by atoms with Crippen molar-refractivity contribution in [1.29, 1.82) is 0 Å². The van der Waals surface area contributed by atoms with Crippen molar-refractivity contribution in [2.75, 3.05) is 38.0 Å². The maximum atomic E-state index is 13.3. The van der Waals surface area contributed by atoms with Gasteiger partial charge in [-0.25, -0.2) is 8.42 Å². The van der Waals surface area contributed by atoms with Crippen LogP contribution in [0.15, 0.2) is 53.4 Å². The second kappa shape index (κ2) is 9.01. The zero-order chi connectivity index (χ0) is 20.0. The number of carbonyl (C=O) groups excluding carboxylic acids is 1. The van der Waals surface area contributed by atoms with Gasteiger partial charge in [-0.2, -0.15) is 0 Å². The molecule has 0 heterocycles. The topological polar surface area (TPSA) is 69.7 Å². The molecule has 0 saturated heterocycles. The fourth-order valence-corrected chi connectivity index (χ4v) is 4.13. The minimum absolute atomic E-state index is 0.159. The molecule has 0 atom stereocenters. The van der Waals surface area contributed by atoms with E-state index in [4.69, 9.17) is 0 Å². The van der Waals surface area contributed by atoms with Gasteiger partial charge >= 0.3 is 0 Å². The number of carbonyl (C=O) groups is 1. The normalized spacial score (nSPS) is 11.4. The molecule has 27 heavy (non-hydrogen) atoms. The number of sulfonamides is 1. The van der Waals surface area contributed by atoms with Gasteiger partial charge in [0.15, 0.2) is 0 Å². The van der Waals surface area contributed by atoms with Crippen molar-refractivity contribution in [1.82, 2.24) is 10.2 Å². The molecule has 0 saturated carbocycles.